The predicted octanol–water partition coefficient (Wildman–Crippen LogP) is 3.08. The van der Waals surface area contributed by atoms with Crippen molar-refractivity contribution in [2.45, 2.75) is 57.4 Å². The molecule has 0 aromatic rings. The van der Waals surface area contributed by atoms with E-state index in [1.807, 2.05) is 0 Å². The predicted molar refractivity (Wildman–Crippen MR) is 81.9 cm³/mol. The number of rotatable bonds is 3. The molecule has 0 heterocycles. The quantitative estimate of drug-likeness (QED) is 0.776. The van der Waals surface area contributed by atoms with Crippen LogP contribution in [-0.4, -0.2) is 17.7 Å². The molecular weight excluding hydrogens is 252 g/mol. The van der Waals surface area contributed by atoms with Gasteiger partial charge in [-0.05, 0) is 80.3 Å². The summed E-state index contributed by atoms with van der Waals surface area (Å²) in [4.78, 5) is 0. The summed E-state index contributed by atoms with van der Waals surface area (Å²) >= 11 is 5.50. The van der Waals surface area contributed by atoms with Crippen molar-refractivity contribution in [2.75, 3.05) is 6.54 Å². The summed E-state index contributed by atoms with van der Waals surface area (Å²) in [5, 5.41) is 8.05. The van der Waals surface area contributed by atoms with Gasteiger partial charge in [-0.1, -0.05) is 12.8 Å². The van der Waals surface area contributed by atoms with Crippen molar-refractivity contribution in [1.29, 1.82) is 0 Å². The van der Waals surface area contributed by atoms with Crippen LogP contribution in [0.15, 0.2) is 0 Å². The molecule has 0 aliphatic heterocycles. The summed E-state index contributed by atoms with van der Waals surface area (Å²) in [6.07, 6.45) is 11.6. The Kier molecular flexibility index (Phi) is 3.21. The van der Waals surface area contributed by atoms with Gasteiger partial charge in [0.15, 0.2) is 5.11 Å². The maximum Gasteiger partial charge on any atom is 0.166 e. The van der Waals surface area contributed by atoms with Crippen LogP contribution >= 0.6 is 12.2 Å². The Morgan fingerprint density at radius 2 is 1.63 bits per heavy atom. The summed E-state index contributed by atoms with van der Waals surface area (Å²) in [6.45, 7) is 1.12. The van der Waals surface area contributed by atoms with E-state index in [0.29, 0.717) is 6.04 Å². The first-order valence-electron chi connectivity index (χ1n) is 8.32. The SMILES string of the molecule is S=C(NC[C@H]1C[C@H]2CC[C@@H]1C2)N[C@@H]1C[C@@H]2CC[C@@H]1C2. The highest BCUT2D eigenvalue weighted by molar-refractivity contribution is 7.80. The fraction of sp³-hybridized carbons (Fsp3) is 0.938. The minimum atomic E-state index is 0.679. The second kappa shape index (κ2) is 4.91. The molecule has 4 rings (SSSR count). The highest BCUT2D eigenvalue weighted by atomic mass is 32.1. The third-order valence-corrected chi connectivity index (χ3v) is 6.73. The summed E-state index contributed by atoms with van der Waals surface area (Å²) in [5.41, 5.74) is 0. The Morgan fingerprint density at radius 3 is 2.21 bits per heavy atom. The number of nitrogens with one attached hydrogen (secondary N) is 2. The average molecular weight is 278 g/mol. The van der Waals surface area contributed by atoms with Crippen LogP contribution in [0.2, 0.25) is 0 Å². The van der Waals surface area contributed by atoms with Gasteiger partial charge in [0.2, 0.25) is 0 Å². The van der Waals surface area contributed by atoms with Crippen LogP contribution in [0.5, 0.6) is 0 Å². The zero-order valence-corrected chi connectivity index (χ0v) is 12.6. The summed E-state index contributed by atoms with van der Waals surface area (Å²) in [6, 6.07) is 0.679. The Hall–Kier alpha value is -0.310. The van der Waals surface area contributed by atoms with Crippen molar-refractivity contribution in [1.82, 2.24) is 10.6 Å². The molecule has 0 saturated heterocycles. The smallest absolute Gasteiger partial charge is 0.166 e. The fourth-order valence-corrected chi connectivity index (χ4v) is 5.73. The summed E-state index contributed by atoms with van der Waals surface area (Å²) in [5.74, 6) is 4.85. The Morgan fingerprint density at radius 1 is 0.895 bits per heavy atom. The molecule has 0 aromatic heterocycles. The van der Waals surface area contributed by atoms with Crippen LogP contribution in [-0.2, 0) is 0 Å². The number of thiocarbonyl (C=S) groups is 1. The van der Waals surface area contributed by atoms with Gasteiger partial charge in [0.25, 0.3) is 0 Å². The first-order chi connectivity index (χ1) is 9.28. The molecule has 4 bridgehead atoms. The maximum atomic E-state index is 5.50. The third-order valence-electron chi connectivity index (χ3n) is 6.46. The minimum Gasteiger partial charge on any atom is -0.362 e. The Balaban J connectivity index is 1.22. The van der Waals surface area contributed by atoms with Crippen molar-refractivity contribution in [3.8, 4) is 0 Å². The summed E-state index contributed by atoms with van der Waals surface area (Å²) < 4.78 is 0. The molecule has 4 aliphatic rings. The molecule has 4 saturated carbocycles. The van der Waals surface area contributed by atoms with E-state index < -0.39 is 0 Å². The van der Waals surface area contributed by atoms with Crippen LogP contribution in [0.3, 0.4) is 0 Å². The van der Waals surface area contributed by atoms with E-state index in [0.717, 1.165) is 41.2 Å². The van der Waals surface area contributed by atoms with E-state index in [1.165, 1.54) is 51.4 Å². The lowest BCUT2D eigenvalue weighted by molar-refractivity contribution is 0.330. The zero-order valence-electron chi connectivity index (χ0n) is 11.7. The molecule has 0 spiro atoms. The summed E-state index contributed by atoms with van der Waals surface area (Å²) in [7, 11) is 0. The van der Waals surface area contributed by atoms with Crippen molar-refractivity contribution < 1.29 is 0 Å². The number of hydrogen-bond donors (Lipinski definition) is 2. The molecule has 3 heteroatoms. The van der Waals surface area contributed by atoms with Gasteiger partial charge < -0.3 is 10.6 Å². The van der Waals surface area contributed by atoms with Crippen LogP contribution < -0.4 is 10.6 Å². The molecule has 0 unspecified atom stereocenters. The van der Waals surface area contributed by atoms with E-state index in [1.54, 1.807) is 0 Å². The Bertz CT molecular complexity index is 370. The van der Waals surface area contributed by atoms with Gasteiger partial charge in [0.1, 0.15) is 0 Å². The van der Waals surface area contributed by atoms with Gasteiger partial charge >= 0.3 is 0 Å². The average Bonchev–Trinajstić information content (AvgIpc) is 3.16. The first kappa shape index (κ1) is 12.4. The number of fused-ring (bicyclic) bond motifs is 4. The highest BCUT2D eigenvalue weighted by Crippen LogP contribution is 2.48. The Labute approximate surface area is 122 Å². The van der Waals surface area contributed by atoms with E-state index >= 15 is 0 Å². The van der Waals surface area contributed by atoms with Gasteiger partial charge in [-0.2, -0.15) is 0 Å². The van der Waals surface area contributed by atoms with Gasteiger partial charge in [0, 0.05) is 12.6 Å². The monoisotopic (exact) mass is 278 g/mol. The molecule has 19 heavy (non-hydrogen) atoms. The molecule has 0 amide bonds. The second-order valence-electron chi connectivity index (χ2n) is 7.57. The van der Waals surface area contributed by atoms with E-state index in [-0.39, 0.29) is 0 Å². The third kappa shape index (κ3) is 2.39. The second-order valence-corrected chi connectivity index (χ2v) is 7.98. The molecule has 0 radical (unpaired) electrons. The molecule has 6 atom stereocenters. The molecule has 4 fully saturated rings. The first-order valence-corrected chi connectivity index (χ1v) is 8.73. The van der Waals surface area contributed by atoms with Gasteiger partial charge in [0.05, 0.1) is 0 Å². The lowest BCUT2D eigenvalue weighted by atomic mass is 9.89. The van der Waals surface area contributed by atoms with Crippen molar-refractivity contribution in [3.05, 3.63) is 0 Å². The van der Waals surface area contributed by atoms with Crippen molar-refractivity contribution >= 4 is 17.3 Å². The van der Waals surface area contributed by atoms with Gasteiger partial charge in [-0.3, -0.25) is 0 Å². The topological polar surface area (TPSA) is 24.1 Å². The van der Waals surface area contributed by atoms with Gasteiger partial charge in [-0.25, -0.2) is 0 Å². The van der Waals surface area contributed by atoms with Crippen LogP contribution in [0.4, 0.5) is 0 Å². The molecule has 2 N–H and O–H groups in total. The van der Waals surface area contributed by atoms with E-state index in [4.69, 9.17) is 12.2 Å². The van der Waals surface area contributed by atoms with E-state index in [9.17, 15) is 0 Å². The van der Waals surface area contributed by atoms with Crippen molar-refractivity contribution in [3.63, 3.8) is 0 Å². The number of hydrogen-bond acceptors (Lipinski definition) is 1. The minimum absolute atomic E-state index is 0.679. The van der Waals surface area contributed by atoms with Crippen LogP contribution in [0, 0.1) is 29.6 Å². The lowest BCUT2D eigenvalue weighted by Crippen LogP contribution is -2.45. The molecule has 106 valence electrons. The largest absolute Gasteiger partial charge is 0.362 e. The molecular formula is C16H26N2S. The molecule has 2 nitrogen and oxygen atoms in total. The highest BCUT2D eigenvalue weighted by Gasteiger charge is 2.41. The van der Waals surface area contributed by atoms with Crippen molar-refractivity contribution in [2.24, 2.45) is 29.6 Å². The maximum absolute atomic E-state index is 5.50. The molecule has 4 aliphatic carbocycles. The fourth-order valence-electron chi connectivity index (χ4n) is 5.49. The normalized spacial score (nSPS) is 46.7. The van der Waals surface area contributed by atoms with Gasteiger partial charge in [-0.15, -0.1) is 0 Å². The van der Waals surface area contributed by atoms with E-state index in [2.05, 4.69) is 10.6 Å². The standard InChI is InChI=1S/C16H26N2S/c19-16(18-15-8-11-2-4-13(15)6-11)17-9-14-7-10-1-3-12(14)5-10/h10-15H,1-9H2,(H2,17,18,19)/t10-,11+,12+,13+,14+,15+/m0/s1. The van der Waals surface area contributed by atoms with Crippen LogP contribution in [0.1, 0.15) is 51.4 Å². The lowest BCUT2D eigenvalue weighted by Gasteiger charge is -2.26. The molecule has 0 aromatic carbocycles. The zero-order chi connectivity index (χ0) is 12.8. The van der Waals surface area contributed by atoms with Crippen LogP contribution in [0.25, 0.3) is 0 Å².